The van der Waals surface area contributed by atoms with E-state index in [0.717, 1.165) is 0 Å². The largest absolute Gasteiger partial charge is 0.493 e. The number of alkyl halides is 2. The van der Waals surface area contributed by atoms with Gasteiger partial charge in [-0.3, -0.25) is 4.79 Å². The van der Waals surface area contributed by atoms with Gasteiger partial charge in [0.25, 0.3) is 0 Å². The predicted molar refractivity (Wildman–Crippen MR) is 69.9 cm³/mol. The lowest BCUT2D eigenvalue weighted by molar-refractivity contribution is -0.118. The summed E-state index contributed by atoms with van der Waals surface area (Å²) in [5.74, 6) is -0.362. The first-order chi connectivity index (χ1) is 9.47. The third-order valence-corrected chi connectivity index (χ3v) is 2.66. The van der Waals surface area contributed by atoms with Crippen LogP contribution in [0.4, 0.5) is 8.78 Å². The Morgan fingerprint density at radius 3 is 2.60 bits per heavy atom. The Hall–Kier alpha value is -1.89. The van der Waals surface area contributed by atoms with Gasteiger partial charge in [0.2, 0.25) is 5.91 Å². The lowest BCUT2D eigenvalue weighted by Gasteiger charge is -2.19. The maximum absolute atomic E-state index is 12.4. The number of methoxy groups -OCH3 is 1. The first-order valence-electron chi connectivity index (χ1n) is 6.12. The van der Waals surface area contributed by atoms with Crippen LogP contribution in [0.25, 0.3) is 0 Å². The van der Waals surface area contributed by atoms with Crippen LogP contribution in [0.15, 0.2) is 18.2 Å². The van der Waals surface area contributed by atoms with Crippen molar-refractivity contribution < 1.29 is 23.0 Å². The molecule has 0 aromatic heterocycles. The number of carbonyl (C=O) groups excluding carboxylic acids is 1. The van der Waals surface area contributed by atoms with Crippen molar-refractivity contribution in [1.29, 1.82) is 0 Å². The van der Waals surface area contributed by atoms with E-state index in [1.165, 1.54) is 19.2 Å². The molecular weight excluding hydrogens is 270 g/mol. The third-order valence-electron chi connectivity index (χ3n) is 2.66. The van der Waals surface area contributed by atoms with Gasteiger partial charge in [-0.15, -0.1) is 0 Å². The minimum Gasteiger partial charge on any atom is -0.493 e. The van der Waals surface area contributed by atoms with E-state index in [1.54, 1.807) is 6.07 Å². The number of hydrogen-bond acceptors (Lipinski definition) is 4. The van der Waals surface area contributed by atoms with E-state index in [2.05, 4.69) is 10.1 Å². The number of nitrogens with two attached hydrogens (primary N) is 1. The molecule has 0 heterocycles. The van der Waals surface area contributed by atoms with Crippen molar-refractivity contribution in [1.82, 2.24) is 5.32 Å². The smallest absolute Gasteiger partial charge is 0.387 e. The van der Waals surface area contributed by atoms with Gasteiger partial charge in [-0.25, -0.2) is 0 Å². The molecule has 1 amide bonds. The molecule has 0 spiro atoms. The Morgan fingerprint density at radius 1 is 1.40 bits per heavy atom. The lowest BCUT2D eigenvalue weighted by Crippen LogP contribution is -2.26. The van der Waals surface area contributed by atoms with Crippen LogP contribution in [0.2, 0.25) is 0 Å². The summed E-state index contributed by atoms with van der Waals surface area (Å²) in [7, 11) is 1.36. The van der Waals surface area contributed by atoms with Gasteiger partial charge in [0, 0.05) is 12.5 Å². The van der Waals surface area contributed by atoms with Gasteiger partial charge in [-0.1, -0.05) is 13.0 Å². The van der Waals surface area contributed by atoms with Gasteiger partial charge >= 0.3 is 6.61 Å². The van der Waals surface area contributed by atoms with Crippen molar-refractivity contribution in [3.63, 3.8) is 0 Å². The molecular formula is C13H18F2N2O3. The number of hydrogen-bond donors (Lipinski definition) is 2. The zero-order chi connectivity index (χ0) is 15.1. The highest BCUT2D eigenvalue weighted by molar-refractivity contribution is 5.74. The number of ether oxygens (including phenoxy) is 2. The van der Waals surface area contributed by atoms with Crippen LogP contribution >= 0.6 is 0 Å². The maximum Gasteiger partial charge on any atom is 0.387 e. The molecule has 0 saturated heterocycles. The van der Waals surface area contributed by atoms with Crippen LogP contribution in [0.3, 0.4) is 0 Å². The van der Waals surface area contributed by atoms with Gasteiger partial charge in [-0.2, -0.15) is 8.78 Å². The molecule has 0 radical (unpaired) electrons. The maximum atomic E-state index is 12.4. The molecule has 5 nitrogen and oxygen atoms in total. The van der Waals surface area contributed by atoms with Gasteiger partial charge in [0.15, 0.2) is 11.5 Å². The topological polar surface area (TPSA) is 73.6 Å². The van der Waals surface area contributed by atoms with Crippen LogP contribution in [-0.2, 0) is 4.79 Å². The Balaban J connectivity index is 3.05. The SMILES string of the molecule is CCNC(CC(N)=O)c1ccc(OC)c(OC(F)F)c1. The van der Waals surface area contributed by atoms with Crippen molar-refractivity contribution >= 4 is 5.91 Å². The molecule has 0 aliphatic rings. The average Bonchev–Trinajstić information content (AvgIpc) is 2.37. The summed E-state index contributed by atoms with van der Waals surface area (Å²) in [6, 6.07) is 4.25. The van der Waals surface area contributed by atoms with Gasteiger partial charge in [-0.05, 0) is 24.2 Å². The first-order valence-corrected chi connectivity index (χ1v) is 6.12. The number of carbonyl (C=O) groups is 1. The molecule has 7 heteroatoms. The number of amides is 1. The standard InChI is InChI=1S/C13H18F2N2O3/c1-3-17-9(7-12(16)18)8-4-5-10(19-2)11(6-8)20-13(14)15/h4-6,9,13,17H,3,7H2,1-2H3,(H2,16,18). The first kappa shape index (κ1) is 16.2. The monoisotopic (exact) mass is 288 g/mol. The zero-order valence-electron chi connectivity index (χ0n) is 11.4. The highest BCUT2D eigenvalue weighted by Crippen LogP contribution is 2.32. The van der Waals surface area contributed by atoms with E-state index >= 15 is 0 Å². The lowest BCUT2D eigenvalue weighted by atomic mass is 10.0. The number of rotatable bonds is 8. The van der Waals surface area contributed by atoms with E-state index in [1.807, 2.05) is 6.92 Å². The minimum absolute atomic E-state index is 0.0638. The predicted octanol–water partition coefficient (Wildman–Crippen LogP) is 1.82. The number of nitrogens with one attached hydrogen (secondary N) is 1. The van der Waals surface area contributed by atoms with Crippen molar-refractivity contribution in [2.24, 2.45) is 5.73 Å². The Bertz CT molecular complexity index is 455. The number of halogens is 2. The van der Waals surface area contributed by atoms with E-state index in [0.29, 0.717) is 12.1 Å². The van der Waals surface area contributed by atoms with Crippen LogP contribution in [-0.4, -0.2) is 26.2 Å². The summed E-state index contributed by atoms with van der Waals surface area (Å²) >= 11 is 0. The molecule has 0 aliphatic carbocycles. The van der Waals surface area contributed by atoms with Crippen molar-refractivity contribution in [3.05, 3.63) is 23.8 Å². The molecule has 3 N–H and O–H groups in total. The highest BCUT2D eigenvalue weighted by atomic mass is 19.3. The Labute approximate surface area is 116 Å². The summed E-state index contributed by atoms with van der Waals surface area (Å²) in [4.78, 5) is 11.0. The summed E-state index contributed by atoms with van der Waals surface area (Å²) in [6.07, 6.45) is 0.0638. The molecule has 1 aromatic rings. The van der Waals surface area contributed by atoms with Crippen LogP contribution in [0.5, 0.6) is 11.5 Å². The third kappa shape index (κ3) is 4.65. The van der Waals surface area contributed by atoms with Crippen LogP contribution < -0.4 is 20.5 Å². The van der Waals surface area contributed by atoms with Crippen molar-refractivity contribution in [2.75, 3.05) is 13.7 Å². The summed E-state index contributed by atoms with van der Waals surface area (Å²) in [5, 5.41) is 3.06. The van der Waals surface area contributed by atoms with E-state index in [9.17, 15) is 13.6 Å². The number of benzene rings is 1. The quantitative estimate of drug-likeness (QED) is 0.765. The molecule has 0 aliphatic heterocycles. The summed E-state index contributed by atoms with van der Waals surface area (Å²) in [5.41, 5.74) is 5.81. The normalized spacial score (nSPS) is 12.2. The molecule has 1 rings (SSSR count). The fourth-order valence-electron chi connectivity index (χ4n) is 1.85. The Morgan fingerprint density at radius 2 is 2.10 bits per heavy atom. The fourth-order valence-corrected chi connectivity index (χ4v) is 1.85. The second-order valence-electron chi connectivity index (χ2n) is 4.07. The second kappa shape index (κ2) is 7.64. The van der Waals surface area contributed by atoms with Crippen LogP contribution in [0, 0.1) is 0 Å². The molecule has 0 bridgehead atoms. The van der Waals surface area contributed by atoms with E-state index < -0.39 is 12.5 Å². The van der Waals surface area contributed by atoms with Gasteiger partial charge in [0.1, 0.15) is 0 Å². The van der Waals surface area contributed by atoms with Crippen molar-refractivity contribution in [2.45, 2.75) is 26.0 Å². The molecule has 0 saturated carbocycles. The zero-order valence-corrected chi connectivity index (χ0v) is 11.4. The number of primary amides is 1. The average molecular weight is 288 g/mol. The van der Waals surface area contributed by atoms with Gasteiger partial charge in [0.05, 0.1) is 7.11 Å². The Kier molecular flexibility index (Phi) is 6.17. The minimum atomic E-state index is -2.95. The molecule has 1 aromatic carbocycles. The highest BCUT2D eigenvalue weighted by Gasteiger charge is 2.17. The van der Waals surface area contributed by atoms with E-state index in [-0.39, 0.29) is 24.0 Å². The van der Waals surface area contributed by atoms with Crippen molar-refractivity contribution in [3.8, 4) is 11.5 Å². The molecule has 1 atom stereocenters. The molecule has 1 unspecified atom stereocenters. The molecule has 112 valence electrons. The van der Waals surface area contributed by atoms with Crippen LogP contribution in [0.1, 0.15) is 24.9 Å². The van der Waals surface area contributed by atoms with E-state index in [4.69, 9.17) is 10.5 Å². The summed E-state index contributed by atoms with van der Waals surface area (Å²) in [6.45, 7) is -0.476. The summed E-state index contributed by atoms with van der Waals surface area (Å²) < 4.78 is 34.1. The fraction of sp³-hybridized carbons (Fsp3) is 0.462. The second-order valence-corrected chi connectivity index (χ2v) is 4.07. The molecule has 20 heavy (non-hydrogen) atoms. The van der Waals surface area contributed by atoms with Gasteiger partial charge < -0.3 is 20.5 Å². The molecule has 0 fully saturated rings.